The molecule has 4 nitrogen and oxygen atoms in total. The van der Waals surface area contributed by atoms with Crippen LogP contribution in [0.1, 0.15) is 31.2 Å². The lowest BCUT2D eigenvalue weighted by atomic mass is 10.2. The zero-order valence-corrected chi connectivity index (χ0v) is 9.81. The van der Waals surface area contributed by atoms with E-state index in [1.165, 1.54) is 0 Å². The first kappa shape index (κ1) is 13.2. The average molecular weight is 236 g/mol. The summed E-state index contributed by atoms with van der Waals surface area (Å²) < 4.78 is 5.09. The number of ether oxygens (including phenoxy) is 1. The van der Waals surface area contributed by atoms with Gasteiger partial charge in [-0.05, 0) is 31.9 Å². The molecule has 1 N–H and O–H groups in total. The number of carbonyl (C=O) groups excluding carboxylic acids is 1. The number of unbranched alkanes of at least 4 members (excludes halogenated alkanes) is 1. The Kier molecular flexibility index (Phi) is 5.20. The molecule has 0 aliphatic carbocycles. The molecule has 0 radical (unpaired) electrons. The van der Waals surface area contributed by atoms with Crippen LogP contribution in [0.3, 0.4) is 0 Å². The highest BCUT2D eigenvalue weighted by atomic mass is 16.5. The van der Waals surface area contributed by atoms with Gasteiger partial charge < -0.3 is 9.84 Å². The summed E-state index contributed by atoms with van der Waals surface area (Å²) in [5, 5.41) is 8.42. The van der Waals surface area contributed by atoms with Crippen molar-refractivity contribution < 1.29 is 19.4 Å². The number of aryl methyl sites for hydroxylation is 1. The third-order valence-corrected chi connectivity index (χ3v) is 2.27. The van der Waals surface area contributed by atoms with Crippen LogP contribution in [0.25, 0.3) is 0 Å². The first-order chi connectivity index (χ1) is 8.08. The highest BCUT2D eigenvalue weighted by molar-refractivity contribution is 5.72. The van der Waals surface area contributed by atoms with Crippen molar-refractivity contribution in [2.75, 3.05) is 0 Å². The summed E-state index contributed by atoms with van der Waals surface area (Å²) in [5.41, 5.74) is 1.10. The van der Waals surface area contributed by atoms with Gasteiger partial charge in [-0.15, -0.1) is 0 Å². The predicted molar refractivity (Wildman–Crippen MR) is 62.9 cm³/mol. The largest absolute Gasteiger partial charge is 0.481 e. The van der Waals surface area contributed by atoms with Crippen LogP contribution in [0.15, 0.2) is 24.3 Å². The van der Waals surface area contributed by atoms with E-state index in [1.54, 1.807) is 12.1 Å². The van der Waals surface area contributed by atoms with Crippen LogP contribution in [0.2, 0.25) is 0 Å². The van der Waals surface area contributed by atoms with Crippen molar-refractivity contribution in [1.82, 2.24) is 0 Å². The van der Waals surface area contributed by atoms with Crippen LogP contribution < -0.4 is 4.74 Å². The van der Waals surface area contributed by atoms with E-state index < -0.39 is 5.97 Å². The molecule has 0 atom stereocenters. The van der Waals surface area contributed by atoms with Crippen LogP contribution in [-0.4, -0.2) is 17.0 Å². The molecule has 0 unspecified atom stereocenters. The number of carboxylic acid groups (broad SMARTS) is 1. The lowest BCUT2D eigenvalue weighted by molar-refractivity contribution is -0.138. The van der Waals surface area contributed by atoms with E-state index in [2.05, 4.69) is 0 Å². The van der Waals surface area contributed by atoms with Crippen LogP contribution in [-0.2, 0) is 9.59 Å². The smallest absolute Gasteiger partial charge is 0.311 e. The van der Waals surface area contributed by atoms with Crippen molar-refractivity contribution in [2.45, 2.75) is 32.6 Å². The summed E-state index contributed by atoms with van der Waals surface area (Å²) in [6.07, 6.45) is 1.38. The molecule has 17 heavy (non-hydrogen) atoms. The third kappa shape index (κ3) is 5.70. The molecule has 0 saturated carbocycles. The van der Waals surface area contributed by atoms with E-state index >= 15 is 0 Å². The summed E-state index contributed by atoms with van der Waals surface area (Å²) in [6.45, 7) is 1.96. The maximum absolute atomic E-state index is 11.4. The van der Waals surface area contributed by atoms with Crippen LogP contribution >= 0.6 is 0 Å². The number of hydrogen-bond donors (Lipinski definition) is 1. The molecule has 0 heterocycles. The minimum absolute atomic E-state index is 0.0951. The molecule has 1 rings (SSSR count). The Bertz CT molecular complexity index is 381. The molecular weight excluding hydrogens is 220 g/mol. The Hall–Kier alpha value is -1.84. The molecule has 0 spiro atoms. The number of carbonyl (C=O) groups is 2. The van der Waals surface area contributed by atoms with Gasteiger partial charge in [-0.25, -0.2) is 0 Å². The number of rotatable bonds is 6. The molecule has 0 aromatic heterocycles. The van der Waals surface area contributed by atoms with Gasteiger partial charge in [0, 0.05) is 12.8 Å². The molecule has 0 bridgehead atoms. The molecule has 0 amide bonds. The van der Waals surface area contributed by atoms with E-state index in [0.29, 0.717) is 18.6 Å². The fourth-order valence-corrected chi connectivity index (χ4v) is 1.33. The fourth-order valence-electron chi connectivity index (χ4n) is 1.33. The van der Waals surface area contributed by atoms with Gasteiger partial charge >= 0.3 is 11.9 Å². The van der Waals surface area contributed by atoms with Crippen molar-refractivity contribution in [1.29, 1.82) is 0 Å². The minimum Gasteiger partial charge on any atom is -0.481 e. The highest BCUT2D eigenvalue weighted by Crippen LogP contribution is 2.12. The quantitative estimate of drug-likeness (QED) is 0.468. The maximum Gasteiger partial charge on any atom is 0.311 e. The van der Waals surface area contributed by atoms with Crippen LogP contribution in [0.5, 0.6) is 5.75 Å². The Morgan fingerprint density at radius 1 is 1.12 bits per heavy atom. The molecule has 1 aromatic carbocycles. The number of esters is 1. The van der Waals surface area contributed by atoms with Gasteiger partial charge in [0.1, 0.15) is 5.75 Å². The summed E-state index contributed by atoms with van der Waals surface area (Å²) in [6, 6.07) is 7.22. The standard InChI is InChI=1S/C13H16O4/c1-10-6-8-11(9-7-10)17-13(16)5-3-2-4-12(14)15/h6-9H,2-5H2,1H3,(H,14,15). The first-order valence-electron chi connectivity index (χ1n) is 5.57. The van der Waals surface area contributed by atoms with E-state index in [1.807, 2.05) is 19.1 Å². The molecular formula is C13H16O4. The van der Waals surface area contributed by atoms with E-state index in [-0.39, 0.29) is 18.8 Å². The Labute approximate surface area is 100 Å². The van der Waals surface area contributed by atoms with Crippen molar-refractivity contribution >= 4 is 11.9 Å². The molecule has 0 aliphatic heterocycles. The Morgan fingerprint density at radius 3 is 2.29 bits per heavy atom. The average Bonchev–Trinajstić information content (AvgIpc) is 2.27. The SMILES string of the molecule is Cc1ccc(OC(=O)CCCCC(=O)O)cc1. The molecule has 0 aliphatic rings. The van der Waals surface area contributed by atoms with Gasteiger partial charge in [-0.3, -0.25) is 9.59 Å². The Morgan fingerprint density at radius 2 is 1.71 bits per heavy atom. The second-order valence-electron chi connectivity index (χ2n) is 3.89. The highest BCUT2D eigenvalue weighted by Gasteiger charge is 2.05. The summed E-state index contributed by atoms with van der Waals surface area (Å²) >= 11 is 0. The summed E-state index contributed by atoms with van der Waals surface area (Å²) in [5.74, 6) is -0.630. The van der Waals surface area contributed by atoms with Crippen molar-refractivity contribution in [3.63, 3.8) is 0 Å². The monoisotopic (exact) mass is 236 g/mol. The lowest BCUT2D eigenvalue weighted by Crippen LogP contribution is -2.07. The van der Waals surface area contributed by atoms with Gasteiger partial charge in [0.25, 0.3) is 0 Å². The van der Waals surface area contributed by atoms with E-state index in [0.717, 1.165) is 5.56 Å². The van der Waals surface area contributed by atoms with Gasteiger partial charge in [-0.1, -0.05) is 17.7 Å². The third-order valence-electron chi connectivity index (χ3n) is 2.27. The van der Waals surface area contributed by atoms with Crippen LogP contribution in [0, 0.1) is 6.92 Å². The molecule has 92 valence electrons. The maximum atomic E-state index is 11.4. The molecule has 1 aromatic rings. The van der Waals surface area contributed by atoms with E-state index in [9.17, 15) is 9.59 Å². The number of carboxylic acids is 1. The zero-order valence-electron chi connectivity index (χ0n) is 9.81. The number of aliphatic carboxylic acids is 1. The molecule has 0 fully saturated rings. The van der Waals surface area contributed by atoms with Crippen LogP contribution in [0.4, 0.5) is 0 Å². The Balaban J connectivity index is 2.25. The van der Waals surface area contributed by atoms with Gasteiger partial charge in [-0.2, -0.15) is 0 Å². The molecule has 0 saturated heterocycles. The van der Waals surface area contributed by atoms with Crippen molar-refractivity contribution in [2.24, 2.45) is 0 Å². The number of benzene rings is 1. The topological polar surface area (TPSA) is 63.6 Å². The summed E-state index contributed by atoms with van der Waals surface area (Å²) in [7, 11) is 0. The first-order valence-corrected chi connectivity index (χ1v) is 5.57. The second-order valence-corrected chi connectivity index (χ2v) is 3.89. The van der Waals surface area contributed by atoms with Gasteiger partial charge in [0.05, 0.1) is 0 Å². The van der Waals surface area contributed by atoms with Gasteiger partial charge in [0.2, 0.25) is 0 Å². The minimum atomic E-state index is -0.836. The van der Waals surface area contributed by atoms with E-state index in [4.69, 9.17) is 9.84 Å². The summed E-state index contributed by atoms with van der Waals surface area (Å²) in [4.78, 5) is 21.6. The fraction of sp³-hybridized carbons (Fsp3) is 0.385. The molecule has 4 heteroatoms. The van der Waals surface area contributed by atoms with Crippen molar-refractivity contribution in [3.8, 4) is 5.75 Å². The second kappa shape index (κ2) is 6.68. The zero-order chi connectivity index (χ0) is 12.7. The normalized spacial score (nSPS) is 9.94. The van der Waals surface area contributed by atoms with Crippen molar-refractivity contribution in [3.05, 3.63) is 29.8 Å². The lowest BCUT2D eigenvalue weighted by Gasteiger charge is -2.04. The predicted octanol–water partition coefficient (Wildman–Crippen LogP) is 2.55. The van der Waals surface area contributed by atoms with Gasteiger partial charge in [0.15, 0.2) is 0 Å². The number of hydrogen-bond acceptors (Lipinski definition) is 3.